The molecule has 0 heterocycles. The molecule has 3 heteroatoms. The molecule has 0 radical (unpaired) electrons. The second kappa shape index (κ2) is 11.5. The summed E-state index contributed by atoms with van der Waals surface area (Å²) in [5.74, 6) is 0.627. The van der Waals surface area contributed by atoms with Crippen LogP contribution in [0.3, 0.4) is 0 Å². The Morgan fingerprint density at radius 1 is 0.886 bits per heavy atom. The minimum absolute atomic E-state index is 0.0420. The van der Waals surface area contributed by atoms with E-state index in [0.29, 0.717) is 5.92 Å². The fourth-order valence-corrected chi connectivity index (χ4v) is 5.58. The molecular weight excluding hydrogens is 428 g/mol. The van der Waals surface area contributed by atoms with Gasteiger partial charge in [0.2, 0.25) is 0 Å². The van der Waals surface area contributed by atoms with Crippen molar-refractivity contribution >= 4 is 0 Å². The normalized spacial score (nSPS) is 20.5. The highest BCUT2D eigenvalue weighted by Crippen LogP contribution is 2.40. The Kier molecular flexibility index (Phi) is 8.43. The van der Waals surface area contributed by atoms with E-state index in [1.165, 1.54) is 35.1 Å². The van der Waals surface area contributed by atoms with Crippen LogP contribution in [0.5, 0.6) is 0 Å². The van der Waals surface area contributed by atoms with Gasteiger partial charge in [0, 0.05) is 24.0 Å². The lowest BCUT2D eigenvalue weighted by molar-refractivity contribution is 0.0347. The zero-order valence-electron chi connectivity index (χ0n) is 21.8. The van der Waals surface area contributed by atoms with Crippen molar-refractivity contribution in [1.82, 2.24) is 10.2 Å². The lowest BCUT2D eigenvalue weighted by atomic mass is 9.74. The standard InChI is InChI=1S/C32H42N2O/c1-24(26-13-7-5-8-14-26)33-31(35)30-18-12-11-17-29(30)27-21-19-25(20-22-27)23-34(4)32(2,3)28-15-9-6-10-16-28/h5-10,13-16,19-22,24,29-31,33,35H,11-12,17-18,23H2,1-4H3/t24-,29+,30?,31?/m0/s1. The van der Waals surface area contributed by atoms with Crippen molar-refractivity contribution in [3.63, 3.8) is 0 Å². The van der Waals surface area contributed by atoms with Crippen LogP contribution in [0.2, 0.25) is 0 Å². The van der Waals surface area contributed by atoms with Gasteiger partial charge >= 0.3 is 0 Å². The van der Waals surface area contributed by atoms with E-state index in [0.717, 1.165) is 19.4 Å². The first kappa shape index (κ1) is 25.6. The predicted molar refractivity (Wildman–Crippen MR) is 146 cm³/mol. The highest BCUT2D eigenvalue weighted by Gasteiger charge is 2.33. The number of rotatable bonds is 9. The van der Waals surface area contributed by atoms with Crippen LogP contribution in [-0.2, 0) is 12.1 Å². The summed E-state index contributed by atoms with van der Waals surface area (Å²) in [7, 11) is 2.20. The van der Waals surface area contributed by atoms with Gasteiger partial charge in [-0.15, -0.1) is 0 Å². The van der Waals surface area contributed by atoms with E-state index in [9.17, 15) is 5.11 Å². The number of hydrogen-bond acceptors (Lipinski definition) is 3. The molecule has 3 aromatic rings. The first-order valence-corrected chi connectivity index (χ1v) is 13.2. The summed E-state index contributed by atoms with van der Waals surface area (Å²) >= 11 is 0. The van der Waals surface area contributed by atoms with E-state index in [1.54, 1.807) is 0 Å². The van der Waals surface area contributed by atoms with Crippen LogP contribution in [0.1, 0.15) is 80.7 Å². The molecule has 35 heavy (non-hydrogen) atoms. The van der Waals surface area contributed by atoms with Crippen LogP contribution in [0.25, 0.3) is 0 Å². The van der Waals surface area contributed by atoms with E-state index >= 15 is 0 Å². The third kappa shape index (κ3) is 6.22. The Labute approximate surface area is 212 Å². The Hall–Kier alpha value is -2.46. The number of nitrogens with one attached hydrogen (secondary N) is 1. The summed E-state index contributed by atoms with van der Waals surface area (Å²) in [6, 6.07) is 30.4. The van der Waals surface area contributed by atoms with Gasteiger partial charge in [-0.3, -0.25) is 10.2 Å². The lowest BCUT2D eigenvalue weighted by Gasteiger charge is -2.37. The molecule has 0 aliphatic heterocycles. The summed E-state index contributed by atoms with van der Waals surface area (Å²) in [5.41, 5.74) is 5.18. The summed E-state index contributed by atoms with van der Waals surface area (Å²) in [6.45, 7) is 7.61. The van der Waals surface area contributed by atoms with Crippen molar-refractivity contribution < 1.29 is 5.11 Å². The average Bonchev–Trinajstić information content (AvgIpc) is 2.90. The third-order valence-electron chi connectivity index (χ3n) is 8.21. The molecular formula is C32H42N2O. The maximum atomic E-state index is 11.2. The van der Waals surface area contributed by atoms with Crippen molar-refractivity contribution in [3.8, 4) is 0 Å². The monoisotopic (exact) mass is 470 g/mol. The molecule has 2 unspecified atom stereocenters. The van der Waals surface area contributed by atoms with Gasteiger partial charge < -0.3 is 5.11 Å². The maximum absolute atomic E-state index is 11.2. The molecule has 0 bridgehead atoms. The molecule has 0 amide bonds. The van der Waals surface area contributed by atoms with Crippen LogP contribution < -0.4 is 5.32 Å². The molecule has 3 aromatic carbocycles. The highest BCUT2D eigenvalue weighted by molar-refractivity contribution is 5.28. The van der Waals surface area contributed by atoms with Gasteiger partial charge in [0.15, 0.2) is 0 Å². The van der Waals surface area contributed by atoms with Crippen molar-refractivity contribution in [2.75, 3.05) is 7.05 Å². The zero-order chi connectivity index (χ0) is 24.8. The molecule has 1 aliphatic carbocycles. The van der Waals surface area contributed by atoms with Crippen LogP contribution >= 0.6 is 0 Å². The molecule has 0 spiro atoms. The fraction of sp³-hybridized carbons (Fsp3) is 0.438. The van der Waals surface area contributed by atoms with Crippen molar-refractivity contribution in [1.29, 1.82) is 0 Å². The average molecular weight is 471 g/mol. The second-order valence-electron chi connectivity index (χ2n) is 10.8. The van der Waals surface area contributed by atoms with Crippen molar-refractivity contribution in [2.24, 2.45) is 5.92 Å². The van der Waals surface area contributed by atoms with Gasteiger partial charge in [0.1, 0.15) is 6.23 Å². The number of benzene rings is 3. The predicted octanol–water partition coefficient (Wildman–Crippen LogP) is 7.00. The zero-order valence-corrected chi connectivity index (χ0v) is 21.8. The molecule has 1 fully saturated rings. The molecule has 4 rings (SSSR count). The molecule has 4 atom stereocenters. The van der Waals surface area contributed by atoms with Crippen LogP contribution in [0.15, 0.2) is 84.9 Å². The van der Waals surface area contributed by atoms with E-state index in [-0.39, 0.29) is 17.5 Å². The van der Waals surface area contributed by atoms with Gasteiger partial charge in [-0.25, -0.2) is 0 Å². The smallest absolute Gasteiger partial charge is 0.108 e. The SMILES string of the molecule is C[C@H](NC(O)C1CCCC[C@@H]1c1ccc(CN(C)C(C)(C)c2ccccc2)cc1)c1ccccc1. The summed E-state index contributed by atoms with van der Waals surface area (Å²) in [6.07, 6.45) is 4.13. The number of aliphatic hydroxyl groups excluding tert-OH is 1. The second-order valence-corrected chi connectivity index (χ2v) is 10.8. The van der Waals surface area contributed by atoms with E-state index in [1.807, 2.05) is 6.07 Å². The van der Waals surface area contributed by atoms with E-state index < -0.39 is 6.23 Å². The number of aliphatic hydroxyl groups is 1. The van der Waals surface area contributed by atoms with Crippen LogP contribution in [0, 0.1) is 5.92 Å². The van der Waals surface area contributed by atoms with E-state index in [4.69, 9.17) is 0 Å². The third-order valence-corrected chi connectivity index (χ3v) is 8.21. The highest BCUT2D eigenvalue weighted by atomic mass is 16.3. The van der Waals surface area contributed by atoms with Crippen molar-refractivity contribution in [2.45, 2.75) is 76.7 Å². The minimum Gasteiger partial charge on any atom is -0.378 e. The fourth-order valence-electron chi connectivity index (χ4n) is 5.58. The first-order chi connectivity index (χ1) is 16.9. The van der Waals surface area contributed by atoms with Crippen LogP contribution in [0.4, 0.5) is 0 Å². The van der Waals surface area contributed by atoms with E-state index in [2.05, 4.69) is 117 Å². The van der Waals surface area contributed by atoms with Gasteiger partial charge in [-0.05, 0) is 68.8 Å². The molecule has 2 N–H and O–H groups in total. The molecule has 0 aromatic heterocycles. The number of nitrogens with zero attached hydrogens (tertiary/aromatic N) is 1. The first-order valence-electron chi connectivity index (χ1n) is 13.2. The molecule has 0 saturated heterocycles. The quantitative estimate of drug-likeness (QED) is 0.331. The summed E-state index contributed by atoms with van der Waals surface area (Å²) in [4.78, 5) is 2.42. The Balaban J connectivity index is 1.42. The largest absolute Gasteiger partial charge is 0.378 e. The van der Waals surface area contributed by atoms with Gasteiger partial charge in [0.05, 0.1) is 0 Å². The maximum Gasteiger partial charge on any atom is 0.108 e. The number of hydrogen-bond donors (Lipinski definition) is 2. The Morgan fingerprint density at radius 2 is 1.49 bits per heavy atom. The lowest BCUT2D eigenvalue weighted by Crippen LogP contribution is -2.41. The molecule has 186 valence electrons. The summed E-state index contributed by atoms with van der Waals surface area (Å²) < 4.78 is 0. The van der Waals surface area contributed by atoms with Gasteiger partial charge in [-0.2, -0.15) is 0 Å². The topological polar surface area (TPSA) is 35.5 Å². The van der Waals surface area contributed by atoms with Crippen LogP contribution in [-0.4, -0.2) is 23.3 Å². The minimum atomic E-state index is -0.506. The molecule has 1 saturated carbocycles. The molecule has 3 nitrogen and oxygen atoms in total. The Bertz CT molecular complexity index is 1030. The van der Waals surface area contributed by atoms with Gasteiger partial charge in [0.25, 0.3) is 0 Å². The summed E-state index contributed by atoms with van der Waals surface area (Å²) in [5, 5.41) is 14.7. The van der Waals surface area contributed by atoms with Gasteiger partial charge in [-0.1, -0.05) is 97.8 Å². The van der Waals surface area contributed by atoms with Crippen molar-refractivity contribution in [3.05, 3.63) is 107 Å². The Morgan fingerprint density at radius 3 is 2.14 bits per heavy atom. The molecule has 1 aliphatic rings.